The van der Waals surface area contributed by atoms with Crippen molar-refractivity contribution < 1.29 is 14.5 Å². The molecule has 26 heavy (non-hydrogen) atoms. The Kier molecular flexibility index (Phi) is 4.44. The van der Waals surface area contributed by atoms with Crippen molar-refractivity contribution in [3.63, 3.8) is 0 Å². The number of nitro groups is 1. The van der Waals surface area contributed by atoms with E-state index in [1.54, 1.807) is 18.2 Å². The van der Waals surface area contributed by atoms with Gasteiger partial charge in [0.05, 0.1) is 10.6 Å². The average Bonchev–Trinajstić information content (AvgIpc) is 3.12. The molecule has 2 aromatic carbocycles. The highest BCUT2D eigenvalue weighted by Gasteiger charge is 2.13. The summed E-state index contributed by atoms with van der Waals surface area (Å²) in [4.78, 5) is 33.7. The van der Waals surface area contributed by atoms with Crippen LogP contribution in [0.25, 0.3) is 5.69 Å². The first-order chi connectivity index (χ1) is 12.4. The van der Waals surface area contributed by atoms with Gasteiger partial charge in [-0.2, -0.15) is 5.10 Å². The van der Waals surface area contributed by atoms with Crippen molar-refractivity contribution in [2.75, 3.05) is 5.32 Å². The van der Waals surface area contributed by atoms with Gasteiger partial charge in [-0.25, -0.2) is 4.68 Å². The molecule has 3 rings (SSSR count). The number of primary amides is 1. The summed E-state index contributed by atoms with van der Waals surface area (Å²) in [7, 11) is 0. The molecule has 2 amide bonds. The number of benzene rings is 2. The maximum Gasteiger partial charge on any atom is 0.276 e. The molecule has 0 fully saturated rings. The second-order valence-corrected chi connectivity index (χ2v) is 5.32. The van der Waals surface area contributed by atoms with Crippen molar-refractivity contribution in [1.29, 1.82) is 0 Å². The smallest absolute Gasteiger partial charge is 0.276 e. The van der Waals surface area contributed by atoms with Crippen molar-refractivity contribution in [1.82, 2.24) is 9.78 Å². The molecule has 0 aliphatic rings. The lowest BCUT2D eigenvalue weighted by atomic mass is 10.2. The van der Waals surface area contributed by atoms with Crippen molar-refractivity contribution in [2.24, 2.45) is 5.73 Å². The summed E-state index contributed by atoms with van der Waals surface area (Å²) < 4.78 is 1.37. The number of rotatable bonds is 5. The average molecular weight is 351 g/mol. The van der Waals surface area contributed by atoms with Gasteiger partial charge in [0.25, 0.3) is 11.6 Å². The molecule has 1 heterocycles. The highest BCUT2D eigenvalue weighted by atomic mass is 16.6. The summed E-state index contributed by atoms with van der Waals surface area (Å²) >= 11 is 0. The van der Waals surface area contributed by atoms with Crippen molar-refractivity contribution in [3.8, 4) is 5.69 Å². The molecule has 0 spiro atoms. The summed E-state index contributed by atoms with van der Waals surface area (Å²) in [6.45, 7) is 0. The largest absolute Gasteiger partial charge is 0.366 e. The van der Waals surface area contributed by atoms with Crippen LogP contribution in [0.3, 0.4) is 0 Å². The Morgan fingerprint density at radius 1 is 1.12 bits per heavy atom. The highest BCUT2D eigenvalue weighted by Crippen LogP contribution is 2.17. The summed E-state index contributed by atoms with van der Waals surface area (Å²) in [5.41, 5.74) is 6.50. The fraction of sp³-hybridized carbons (Fsp3) is 0. The molecule has 9 heteroatoms. The molecule has 0 aliphatic carbocycles. The van der Waals surface area contributed by atoms with E-state index in [0.717, 1.165) is 0 Å². The summed E-state index contributed by atoms with van der Waals surface area (Å²) in [6, 6.07) is 13.5. The number of amides is 2. The van der Waals surface area contributed by atoms with Crippen molar-refractivity contribution in [2.45, 2.75) is 0 Å². The molecule has 0 atom stereocenters. The maximum absolute atomic E-state index is 12.3. The fourth-order valence-electron chi connectivity index (χ4n) is 2.25. The monoisotopic (exact) mass is 351 g/mol. The van der Waals surface area contributed by atoms with Crippen LogP contribution in [0.2, 0.25) is 0 Å². The van der Waals surface area contributed by atoms with Gasteiger partial charge < -0.3 is 11.1 Å². The van der Waals surface area contributed by atoms with Gasteiger partial charge >= 0.3 is 0 Å². The lowest BCUT2D eigenvalue weighted by Gasteiger charge is -2.04. The van der Waals surface area contributed by atoms with Crippen LogP contribution in [0.15, 0.2) is 60.8 Å². The van der Waals surface area contributed by atoms with Gasteiger partial charge in [-0.1, -0.05) is 6.07 Å². The first kappa shape index (κ1) is 16.8. The second kappa shape index (κ2) is 6.85. The van der Waals surface area contributed by atoms with E-state index in [2.05, 4.69) is 10.4 Å². The minimum absolute atomic E-state index is 0.0708. The van der Waals surface area contributed by atoms with Gasteiger partial charge in [0, 0.05) is 29.6 Å². The molecule has 3 aromatic rings. The minimum atomic E-state index is -0.557. The van der Waals surface area contributed by atoms with Crippen LogP contribution >= 0.6 is 0 Å². The van der Waals surface area contributed by atoms with Gasteiger partial charge in [0.15, 0.2) is 5.69 Å². The van der Waals surface area contributed by atoms with E-state index < -0.39 is 16.7 Å². The van der Waals surface area contributed by atoms with Crippen LogP contribution in [0.4, 0.5) is 11.4 Å². The first-order valence-corrected chi connectivity index (χ1v) is 7.46. The quantitative estimate of drug-likeness (QED) is 0.536. The predicted molar refractivity (Wildman–Crippen MR) is 93.1 cm³/mol. The standard InChI is InChI=1S/C17H13N5O4/c18-16(23)11-4-6-12(7-5-11)19-17(24)15-8-9-21(20-15)13-2-1-3-14(10-13)22(25)26/h1-10H,(H2,18,23)(H,19,24). The summed E-state index contributed by atoms with van der Waals surface area (Å²) in [5, 5.41) is 17.6. The van der Waals surface area contributed by atoms with E-state index >= 15 is 0 Å². The number of carbonyl (C=O) groups is 2. The highest BCUT2D eigenvalue weighted by molar-refractivity contribution is 6.03. The van der Waals surface area contributed by atoms with Crippen LogP contribution in [-0.2, 0) is 0 Å². The molecule has 0 unspecified atom stereocenters. The lowest BCUT2D eigenvalue weighted by molar-refractivity contribution is -0.384. The maximum atomic E-state index is 12.3. The van der Waals surface area contributed by atoms with Gasteiger partial charge in [-0.05, 0) is 36.4 Å². The number of anilines is 1. The van der Waals surface area contributed by atoms with Crippen LogP contribution in [0.1, 0.15) is 20.8 Å². The molecule has 0 radical (unpaired) electrons. The van der Waals surface area contributed by atoms with E-state index in [9.17, 15) is 19.7 Å². The summed E-state index contributed by atoms with van der Waals surface area (Å²) in [5.74, 6) is -1.01. The zero-order valence-corrected chi connectivity index (χ0v) is 13.3. The van der Waals surface area contributed by atoms with Gasteiger partial charge in [-0.3, -0.25) is 19.7 Å². The van der Waals surface area contributed by atoms with Gasteiger partial charge in [0.2, 0.25) is 5.91 Å². The topological polar surface area (TPSA) is 133 Å². The number of hydrogen-bond donors (Lipinski definition) is 2. The Bertz CT molecular complexity index is 994. The Hall–Kier alpha value is -4.01. The van der Waals surface area contributed by atoms with E-state index in [0.29, 0.717) is 16.9 Å². The molecule has 0 saturated heterocycles. The van der Waals surface area contributed by atoms with E-state index in [-0.39, 0.29) is 11.4 Å². The molecular formula is C17H13N5O4. The molecule has 0 saturated carbocycles. The predicted octanol–water partition coefficient (Wildman–Crippen LogP) is 2.13. The molecule has 130 valence electrons. The van der Waals surface area contributed by atoms with E-state index in [4.69, 9.17) is 5.73 Å². The summed E-state index contributed by atoms with van der Waals surface area (Å²) in [6.07, 6.45) is 1.53. The number of nitro benzene ring substituents is 1. The van der Waals surface area contributed by atoms with Crippen LogP contribution in [0, 0.1) is 10.1 Å². The van der Waals surface area contributed by atoms with Crippen LogP contribution in [-0.4, -0.2) is 26.5 Å². The second-order valence-electron chi connectivity index (χ2n) is 5.32. The zero-order valence-electron chi connectivity index (χ0n) is 13.3. The third-order valence-corrected chi connectivity index (χ3v) is 3.55. The van der Waals surface area contributed by atoms with Crippen molar-refractivity contribution in [3.05, 3.63) is 82.2 Å². The van der Waals surface area contributed by atoms with Crippen LogP contribution in [0.5, 0.6) is 0 Å². The number of hydrogen-bond acceptors (Lipinski definition) is 5. The molecule has 9 nitrogen and oxygen atoms in total. The molecule has 1 aromatic heterocycles. The minimum Gasteiger partial charge on any atom is -0.366 e. The number of carbonyl (C=O) groups excluding carboxylic acids is 2. The molecular weight excluding hydrogens is 338 g/mol. The third kappa shape index (κ3) is 3.56. The van der Waals surface area contributed by atoms with Gasteiger partial charge in [-0.15, -0.1) is 0 Å². The molecule has 0 bridgehead atoms. The third-order valence-electron chi connectivity index (χ3n) is 3.55. The number of nitrogens with zero attached hydrogens (tertiary/aromatic N) is 3. The first-order valence-electron chi connectivity index (χ1n) is 7.46. The lowest BCUT2D eigenvalue weighted by Crippen LogP contribution is -2.14. The SMILES string of the molecule is NC(=O)c1ccc(NC(=O)c2ccn(-c3cccc([N+](=O)[O-])c3)n2)cc1. The van der Waals surface area contributed by atoms with E-state index in [1.165, 1.54) is 47.3 Å². The molecule has 0 aliphatic heterocycles. The fourth-order valence-corrected chi connectivity index (χ4v) is 2.25. The zero-order chi connectivity index (χ0) is 18.7. The Labute approximate surface area is 147 Å². The Morgan fingerprint density at radius 2 is 1.85 bits per heavy atom. The number of nitrogens with two attached hydrogens (primary N) is 1. The number of aromatic nitrogens is 2. The van der Waals surface area contributed by atoms with Crippen LogP contribution < -0.4 is 11.1 Å². The van der Waals surface area contributed by atoms with Gasteiger partial charge in [0.1, 0.15) is 0 Å². The number of nitrogens with one attached hydrogen (secondary N) is 1. The normalized spacial score (nSPS) is 10.3. The van der Waals surface area contributed by atoms with Crippen molar-refractivity contribution >= 4 is 23.2 Å². The number of non-ortho nitro benzene ring substituents is 1. The Balaban J connectivity index is 1.76. The molecule has 3 N–H and O–H groups in total. The van der Waals surface area contributed by atoms with E-state index in [1.807, 2.05) is 0 Å². The Morgan fingerprint density at radius 3 is 2.50 bits per heavy atom.